The number of rotatable bonds is 4. The highest BCUT2D eigenvalue weighted by Gasteiger charge is 2.35. The van der Waals surface area contributed by atoms with Crippen molar-refractivity contribution in [3.63, 3.8) is 0 Å². The molecule has 7 heteroatoms. The molecule has 3 aromatic rings. The van der Waals surface area contributed by atoms with Gasteiger partial charge in [-0.1, -0.05) is 37.1 Å². The molecule has 0 N–H and O–H groups in total. The number of halogens is 2. The molecule has 1 aromatic heterocycles. The smallest absolute Gasteiger partial charge is 0.296 e. The number of anilines is 1. The quantitative estimate of drug-likeness (QED) is 0.423. The molecule has 3 aliphatic rings. The molecule has 3 fully saturated rings. The molecule has 2 aliphatic carbocycles. The Hall–Kier alpha value is -3.53. The Kier molecular flexibility index (Phi) is 5.40. The molecule has 2 saturated carbocycles. The second kappa shape index (κ2) is 8.60. The summed E-state index contributed by atoms with van der Waals surface area (Å²) < 4.78 is 31.4. The number of piperidine rings is 1. The first-order valence-electron chi connectivity index (χ1n) is 12.4. The SMILES string of the molecule is [C-]#[N+]c1ccc(-c2nc(N3CCC4CCCC4C3)c(F)c(=O)n2-c2ccc(C3CC3)cc2)cc1F. The molecule has 2 atom stereocenters. The van der Waals surface area contributed by atoms with Gasteiger partial charge in [0.05, 0.1) is 12.3 Å². The van der Waals surface area contributed by atoms with Crippen LogP contribution in [0.2, 0.25) is 0 Å². The van der Waals surface area contributed by atoms with Crippen molar-refractivity contribution < 1.29 is 8.78 Å². The lowest BCUT2D eigenvalue weighted by Crippen LogP contribution is -2.41. The summed E-state index contributed by atoms with van der Waals surface area (Å²) in [6.07, 6.45) is 6.78. The standard InChI is InChI=1S/C28H26F2N4O/c1-31-24-12-9-20(15-23(24)29)26-32-27(33-14-13-17-3-2-4-21(17)16-33)25(30)28(35)34(26)22-10-7-19(8-11-22)18-5-6-18/h7-12,15,17-18,21H,2-6,13-14,16H2. The normalized spacial score (nSPS) is 21.6. The lowest BCUT2D eigenvalue weighted by molar-refractivity contribution is 0.320. The molecule has 35 heavy (non-hydrogen) atoms. The molecule has 2 heterocycles. The van der Waals surface area contributed by atoms with Gasteiger partial charge in [0.2, 0.25) is 11.5 Å². The van der Waals surface area contributed by atoms with E-state index in [1.54, 1.807) is 18.2 Å². The third-order valence-electron chi connectivity index (χ3n) is 7.88. The minimum Gasteiger partial charge on any atom is -0.354 e. The minimum atomic E-state index is -0.880. The predicted octanol–water partition coefficient (Wildman–Crippen LogP) is 6.23. The van der Waals surface area contributed by atoms with Crippen LogP contribution in [0.15, 0.2) is 47.3 Å². The van der Waals surface area contributed by atoms with Crippen molar-refractivity contribution in [2.45, 2.75) is 44.4 Å². The van der Waals surface area contributed by atoms with Gasteiger partial charge in [-0.2, -0.15) is 4.39 Å². The zero-order chi connectivity index (χ0) is 24.1. The van der Waals surface area contributed by atoms with Crippen molar-refractivity contribution in [2.75, 3.05) is 18.0 Å². The van der Waals surface area contributed by atoms with Crippen LogP contribution in [0.25, 0.3) is 21.9 Å². The van der Waals surface area contributed by atoms with Gasteiger partial charge in [-0.3, -0.25) is 9.36 Å². The largest absolute Gasteiger partial charge is 0.354 e. The molecule has 2 aromatic carbocycles. The zero-order valence-corrected chi connectivity index (χ0v) is 19.4. The van der Waals surface area contributed by atoms with Gasteiger partial charge in [-0.25, -0.2) is 14.2 Å². The maximum absolute atomic E-state index is 15.6. The number of nitrogens with zero attached hydrogens (tertiary/aromatic N) is 4. The van der Waals surface area contributed by atoms with Crippen LogP contribution >= 0.6 is 0 Å². The van der Waals surface area contributed by atoms with E-state index in [1.165, 1.54) is 35.1 Å². The van der Waals surface area contributed by atoms with Gasteiger partial charge < -0.3 is 4.90 Å². The number of hydrogen-bond donors (Lipinski definition) is 0. The molecule has 178 valence electrons. The maximum atomic E-state index is 15.6. The van der Waals surface area contributed by atoms with E-state index in [-0.39, 0.29) is 17.3 Å². The monoisotopic (exact) mass is 472 g/mol. The maximum Gasteiger partial charge on any atom is 0.296 e. The highest BCUT2D eigenvalue weighted by molar-refractivity contribution is 5.65. The second-order valence-corrected chi connectivity index (χ2v) is 10.0. The molecule has 6 rings (SSSR count). The fourth-order valence-corrected chi connectivity index (χ4v) is 5.80. The fourth-order valence-electron chi connectivity index (χ4n) is 5.80. The van der Waals surface area contributed by atoms with Crippen molar-refractivity contribution >= 4 is 11.5 Å². The number of fused-ring (bicyclic) bond motifs is 1. The van der Waals surface area contributed by atoms with Crippen LogP contribution < -0.4 is 10.5 Å². The van der Waals surface area contributed by atoms with Crippen LogP contribution in [0.1, 0.15) is 50.0 Å². The predicted molar refractivity (Wildman–Crippen MR) is 131 cm³/mol. The van der Waals surface area contributed by atoms with E-state index in [2.05, 4.69) is 9.83 Å². The van der Waals surface area contributed by atoms with Crippen LogP contribution in [-0.4, -0.2) is 22.6 Å². The van der Waals surface area contributed by atoms with E-state index in [0.29, 0.717) is 42.1 Å². The van der Waals surface area contributed by atoms with Gasteiger partial charge >= 0.3 is 0 Å². The Balaban J connectivity index is 1.49. The topological polar surface area (TPSA) is 42.5 Å². The van der Waals surface area contributed by atoms with E-state index in [0.717, 1.165) is 25.7 Å². The first-order valence-corrected chi connectivity index (χ1v) is 12.4. The van der Waals surface area contributed by atoms with Crippen molar-refractivity contribution in [1.82, 2.24) is 9.55 Å². The third-order valence-corrected chi connectivity index (χ3v) is 7.88. The molecule has 0 radical (unpaired) electrons. The summed E-state index contributed by atoms with van der Waals surface area (Å²) >= 11 is 0. The molecular formula is C28H26F2N4O. The molecule has 0 amide bonds. The Morgan fingerprint density at radius 3 is 2.46 bits per heavy atom. The molecule has 5 nitrogen and oxygen atoms in total. The summed E-state index contributed by atoms with van der Waals surface area (Å²) in [5.74, 6) is 0.335. The van der Waals surface area contributed by atoms with E-state index in [9.17, 15) is 9.18 Å². The summed E-state index contributed by atoms with van der Waals surface area (Å²) in [5, 5.41) is 0. The average molecular weight is 473 g/mol. The van der Waals surface area contributed by atoms with Crippen molar-refractivity contribution in [3.8, 4) is 17.1 Å². The van der Waals surface area contributed by atoms with Crippen LogP contribution in [0.3, 0.4) is 0 Å². The van der Waals surface area contributed by atoms with Gasteiger partial charge in [0, 0.05) is 18.7 Å². The van der Waals surface area contributed by atoms with Gasteiger partial charge in [-0.15, -0.1) is 0 Å². The van der Waals surface area contributed by atoms with Crippen molar-refractivity contribution in [3.05, 3.63) is 81.4 Å². The van der Waals surface area contributed by atoms with Gasteiger partial charge in [0.15, 0.2) is 5.82 Å². The summed E-state index contributed by atoms with van der Waals surface area (Å²) in [4.78, 5) is 23.2. The summed E-state index contributed by atoms with van der Waals surface area (Å²) in [7, 11) is 0. The molecule has 0 spiro atoms. The number of aromatic nitrogens is 2. The van der Waals surface area contributed by atoms with Crippen LogP contribution in [0.4, 0.5) is 20.3 Å². The van der Waals surface area contributed by atoms with Crippen molar-refractivity contribution in [2.24, 2.45) is 11.8 Å². The Morgan fingerprint density at radius 1 is 0.971 bits per heavy atom. The third kappa shape index (κ3) is 3.91. The lowest BCUT2D eigenvalue weighted by atomic mass is 9.89. The first kappa shape index (κ1) is 22.0. The van der Waals surface area contributed by atoms with E-state index < -0.39 is 17.2 Å². The zero-order valence-electron chi connectivity index (χ0n) is 19.4. The molecule has 1 saturated heterocycles. The van der Waals surface area contributed by atoms with E-state index >= 15 is 4.39 Å². The van der Waals surface area contributed by atoms with Crippen LogP contribution in [0.5, 0.6) is 0 Å². The van der Waals surface area contributed by atoms with Crippen LogP contribution in [0, 0.1) is 30.0 Å². The summed E-state index contributed by atoms with van der Waals surface area (Å²) in [6, 6.07) is 11.7. The van der Waals surface area contributed by atoms with Crippen molar-refractivity contribution in [1.29, 1.82) is 0 Å². The Bertz CT molecular complexity index is 1390. The van der Waals surface area contributed by atoms with E-state index in [1.807, 2.05) is 17.0 Å². The van der Waals surface area contributed by atoms with Crippen LogP contribution in [-0.2, 0) is 0 Å². The fraction of sp³-hybridized carbons (Fsp3) is 0.393. The average Bonchev–Trinajstić information content (AvgIpc) is 3.62. The second-order valence-electron chi connectivity index (χ2n) is 10.0. The lowest BCUT2D eigenvalue weighted by Gasteiger charge is -2.36. The highest BCUT2D eigenvalue weighted by atomic mass is 19.1. The molecule has 1 aliphatic heterocycles. The molecule has 0 bridgehead atoms. The van der Waals surface area contributed by atoms with Gasteiger partial charge in [0.25, 0.3) is 5.56 Å². The van der Waals surface area contributed by atoms with E-state index in [4.69, 9.17) is 6.57 Å². The Morgan fingerprint density at radius 2 is 1.74 bits per heavy atom. The highest BCUT2D eigenvalue weighted by Crippen LogP contribution is 2.41. The summed E-state index contributed by atoms with van der Waals surface area (Å²) in [6.45, 7) is 8.47. The minimum absolute atomic E-state index is 0.0378. The summed E-state index contributed by atoms with van der Waals surface area (Å²) in [5.41, 5.74) is 1.10. The molecule has 2 unspecified atom stereocenters. The molecular weight excluding hydrogens is 446 g/mol. The Labute approximate surface area is 202 Å². The van der Waals surface area contributed by atoms with Gasteiger partial charge in [-0.05, 0) is 67.2 Å². The number of benzene rings is 2. The first-order chi connectivity index (χ1) is 17.0. The van der Waals surface area contributed by atoms with Gasteiger partial charge in [0.1, 0.15) is 11.6 Å². The number of hydrogen-bond acceptors (Lipinski definition) is 3.